The lowest BCUT2D eigenvalue weighted by molar-refractivity contribution is 0.559. The maximum Gasteiger partial charge on any atom is 0.0205 e. The molecule has 0 aliphatic heterocycles. The van der Waals surface area contributed by atoms with Crippen molar-refractivity contribution in [3.63, 3.8) is 0 Å². The van der Waals surface area contributed by atoms with Gasteiger partial charge in [0, 0.05) is 11.8 Å². The van der Waals surface area contributed by atoms with Gasteiger partial charge in [-0.15, -0.1) is 0 Å². The van der Waals surface area contributed by atoms with Crippen LogP contribution in [0.15, 0.2) is 198 Å². The molecule has 0 saturated carbocycles. The van der Waals surface area contributed by atoms with E-state index in [0.29, 0.717) is 11.8 Å². The fourth-order valence-electron chi connectivity index (χ4n) is 9.97. The molecule has 0 bridgehead atoms. The molecular formula is C50H30. The van der Waals surface area contributed by atoms with Gasteiger partial charge in [0.15, 0.2) is 0 Å². The average Bonchev–Trinajstić information content (AvgIpc) is 3.69. The number of rotatable bonds is 2. The van der Waals surface area contributed by atoms with Crippen molar-refractivity contribution >= 4 is 54.6 Å². The second-order valence-electron chi connectivity index (χ2n) is 14.3. The molecule has 0 heteroatoms. The Hall–Kier alpha value is -6.24. The molecule has 6 aliphatic carbocycles. The van der Waals surface area contributed by atoms with Gasteiger partial charge in [-0.05, 0) is 110 Å². The summed E-state index contributed by atoms with van der Waals surface area (Å²) in [7, 11) is 0. The van der Waals surface area contributed by atoms with Crippen molar-refractivity contribution in [2.24, 2.45) is 11.8 Å². The van der Waals surface area contributed by atoms with E-state index in [9.17, 15) is 0 Å². The Bertz CT molecular complexity index is 2890. The van der Waals surface area contributed by atoms with Crippen LogP contribution in [0.2, 0.25) is 0 Å². The molecule has 0 amide bonds. The van der Waals surface area contributed by atoms with Gasteiger partial charge >= 0.3 is 0 Å². The van der Waals surface area contributed by atoms with Gasteiger partial charge in [0.05, 0.1) is 0 Å². The van der Waals surface area contributed by atoms with Crippen LogP contribution >= 0.6 is 0 Å². The van der Waals surface area contributed by atoms with E-state index in [1.54, 1.807) is 0 Å². The lowest BCUT2D eigenvalue weighted by Gasteiger charge is -2.42. The van der Waals surface area contributed by atoms with Crippen molar-refractivity contribution in [3.05, 3.63) is 226 Å². The van der Waals surface area contributed by atoms with E-state index in [0.717, 1.165) is 0 Å². The summed E-state index contributed by atoms with van der Waals surface area (Å²) in [6, 6.07) is 43.2. The highest BCUT2D eigenvalue weighted by molar-refractivity contribution is 6.40. The van der Waals surface area contributed by atoms with Gasteiger partial charge in [0.2, 0.25) is 0 Å². The second-order valence-corrected chi connectivity index (χ2v) is 14.3. The lowest BCUT2D eigenvalue weighted by Crippen LogP contribution is -2.30. The highest BCUT2D eigenvalue weighted by Gasteiger charge is 2.45. The first-order chi connectivity index (χ1) is 24.8. The van der Waals surface area contributed by atoms with Crippen LogP contribution < -0.4 is 0 Å². The minimum Gasteiger partial charge on any atom is -0.0617 e. The van der Waals surface area contributed by atoms with Crippen molar-refractivity contribution < 1.29 is 0 Å². The van der Waals surface area contributed by atoms with Gasteiger partial charge in [-0.2, -0.15) is 0 Å². The number of hydrogen-bond donors (Lipinski definition) is 0. The third-order valence-corrected chi connectivity index (χ3v) is 12.0. The Morgan fingerprint density at radius 1 is 0.360 bits per heavy atom. The minimum atomic E-state index is 0.312. The Morgan fingerprint density at radius 3 is 1.64 bits per heavy atom. The Kier molecular flexibility index (Phi) is 5.17. The molecule has 0 radical (unpaired) electrons. The first-order valence-corrected chi connectivity index (χ1v) is 17.8. The molecule has 230 valence electrons. The lowest BCUT2D eigenvalue weighted by atomic mass is 9.61. The molecule has 2 unspecified atom stereocenters. The van der Waals surface area contributed by atoms with Crippen molar-refractivity contribution in [1.82, 2.24) is 0 Å². The monoisotopic (exact) mass is 630 g/mol. The van der Waals surface area contributed by atoms with Crippen LogP contribution in [0.1, 0.15) is 27.8 Å². The van der Waals surface area contributed by atoms with Gasteiger partial charge in [-0.1, -0.05) is 170 Å². The summed E-state index contributed by atoms with van der Waals surface area (Å²) in [5, 5.41) is 7.76. The molecule has 0 heterocycles. The van der Waals surface area contributed by atoms with Gasteiger partial charge < -0.3 is 0 Å². The smallest absolute Gasteiger partial charge is 0.0205 e. The summed E-state index contributed by atoms with van der Waals surface area (Å²) in [5.74, 6) is 0.674. The molecule has 2 atom stereocenters. The molecule has 0 fully saturated rings. The Morgan fingerprint density at radius 2 is 0.920 bits per heavy atom. The first kappa shape index (κ1) is 26.7. The second kappa shape index (κ2) is 9.68. The predicted octanol–water partition coefficient (Wildman–Crippen LogP) is 12.4. The molecular weight excluding hydrogens is 601 g/mol. The quantitative estimate of drug-likeness (QED) is 0.179. The largest absolute Gasteiger partial charge is 0.0617 e. The van der Waals surface area contributed by atoms with Crippen LogP contribution in [0, 0.1) is 11.8 Å². The molecule has 6 aliphatic rings. The standard InChI is InChI=1S/C50H30/c1-4-17-35-29(10-1)13-8-20-38(35)47-40-26-24-30-11-2-5-18-36(30)45(40)50-48(41-27-25-31-12-3-6-19-37(31)46(41)49(47)50)42-28-34-16-7-14-32-22-23-33-15-9-21-39(42)44(33)43(32)34/h1-28,43-44H. The first-order valence-electron chi connectivity index (χ1n) is 17.8. The highest BCUT2D eigenvalue weighted by atomic mass is 14.5. The van der Waals surface area contributed by atoms with E-state index in [-0.39, 0.29) is 0 Å². The molecule has 50 heavy (non-hydrogen) atoms. The number of allylic oxidation sites excluding steroid dienone is 17. The van der Waals surface area contributed by atoms with Crippen molar-refractivity contribution in [2.45, 2.75) is 0 Å². The molecule has 0 N–H and O–H groups in total. The van der Waals surface area contributed by atoms with Crippen molar-refractivity contribution in [1.29, 1.82) is 0 Å². The molecule has 0 aromatic heterocycles. The van der Waals surface area contributed by atoms with Gasteiger partial charge in [-0.25, -0.2) is 0 Å². The predicted molar refractivity (Wildman–Crippen MR) is 210 cm³/mol. The van der Waals surface area contributed by atoms with E-state index in [2.05, 4.69) is 170 Å². The zero-order valence-electron chi connectivity index (χ0n) is 27.3. The zero-order valence-corrected chi connectivity index (χ0v) is 27.3. The van der Waals surface area contributed by atoms with Crippen LogP contribution in [-0.4, -0.2) is 0 Å². The van der Waals surface area contributed by atoms with Crippen LogP contribution in [0.3, 0.4) is 0 Å². The minimum absolute atomic E-state index is 0.312. The van der Waals surface area contributed by atoms with Crippen LogP contribution in [0.25, 0.3) is 54.6 Å². The number of benzene rings is 6. The maximum absolute atomic E-state index is 2.54. The maximum atomic E-state index is 2.54. The summed E-state index contributed by atoms with van der Waals surface area (Å²) in [4.78, 5) is 0. The molecule has 0 saturated heterocycles. The average molecular weight is 631 g/mol. The SMILES string of the molecule is C1=CC2=CC=C3C=CC=C4C(C5=C6C(=C(c7cccc8ccccc78)c7ccc8ccccc8c76)c6c5ccc5ccccc65)=CC(=C1)C2C34. The van der Waals surface area contributed by atoms with E-state index >= 15 is 0 Å². The topological polar surface area (TPSA) is 0 Å². The van der Waals surface area contributed by atoms with E-state index < -0.39 is 0 Å². The van der Waals surface area contributed by atoms with Gasteiger partial charge in [0.25, 0.3) is 0 Å². The van der Waals surface area contributed by atoms with Crippen molar-refractivity contribution in [3.8, 4) is 0 Å². The fourth-order valence-corrected chi connectivity index (χ4v) is 9.97. The van der Waals surface area contributed by atoms with Crippen LogP contribution in [0.5, 0.6) is 0 Å². The zero-order chi connectivity index (χ0) is 32.5. The summed E-state index contributed by atoms with van der Waals surface area (Å²) in [5.41, 5.74) is 19.2. The van der Waals surface area contributed by atoms with E-state index in [4.69, 9.17) is 0 Å². The Balaban J connectivity index is 1.29. The Labute approximate surface area is 291 Å². The van der Waals surface area contributed by atoms with Gasteiger partial charge in [0.1, 0.15) is 0 Å². The van der Waals surface area contributed by atoms with Crippen LogP contribution in [0.4, 0.5) is 0 Å². The third kappa shape index (κ3) is 3.36. The molecule has 12 rings (SSSR count). The molecule has 0 nitrogen and oxygen atoms in total. The number of hydrogen-bond acceptors (Lipinski definition) is 0. The highest BCUT2D eigenvalue weighted by Crippen LogP contribution is 2.64. The molecule has 0 spiro atoms. The van der Waals surface area contributed by atoms with Gasteiger partial charge in [-0.3, -0.25) is 0 Å². The third-order valence-electron chi connectivity index (χ3n) is 12.0. The summed E-state index contributed by atoms with van der Waals surface area (Å²) >= 11 is 0. The number of fused-ring (bicyclic) bond motifs is 10. The fraction of sp³-hybridized carbons (Fsp3) is 0.0400. The summed E-state index contributed by atoms with van der Waals surface area (Å²) in [6.07, 6.45) is 21.2. The van der Waals surface area contributed by atoms with E-state index in [1.165, 1.54) is 110 Å². The normalized spacial score (nSPS) is 20.7. The molecule has 6 aromatic rings. The summed E-state index contributed by atoms with van der Waals surface area (Å²) < 4.78 is 0. The van der Waals surface area contributed by atoms with E-state index in [1.807, 2.05) is 0 Å². The summed E-state index contributed by atoms with van der Waals surface area (Å²) in [6.45, 7) is 0. The van der Waals surface area contributed by atoms with Crippen LogP contribution in [-0.2, 0) is 0 Å². The molecule has 6 aromatic carbocycles. The van der Waals surface area contributed by atoms with Crippen molar-refractivity contribution in [2.75, 3.05) is 0 Å².